The lowest BCUT2D eigenvalue weighted by Gasteiger charge is -2.15. The van der Waals surface area contributed by atoms with Crippen LogP contribution in [0.4, 0.5) is 5.69 Å². The standard InChI is InChI=1S/C15H19N3OS/c1-10-3-4-13(14(7-10)18-16)15(19)17-11(2)8-12-5-6-20-9-12/h3-7,9,11,18H,8,16H2,1-2H3,(H,17,19). The van der Waals surface area contributed by atoms with Gasteiger partial charge in [0.15, 0.2) is 0 Å². The zero-order chi connectivity index (χ0) is 14.5. The molecule has 0 radical (unpaired) electrons. The Labute approximate surface area is 123 Å². The van der Waals surface area contributed by atoms with Gasteiger partial charge in [-0.25, -0.2) is 0 Å². The van der Waals surface area contributed by atoms with Crippen molar-refractivity contribution in [2.75, 3.05) is 5.43 Å². The fourth-order valence-corrected chi connectivity index (χ4v) is 2.77. The maximum absolute atomic E-state index is 12.3. The molecule has 1 heterocycles. The molecule has 0 aliphatic heterocycles. The SMILES string of the molecule is Cc1ccc(C(=O)NC(C)Cc2ccsc2)c(NN)c1. The quantitative estimate of drug-likeness (QED) is 0.585. The molecule has 0 saturated carbocycles. The van der Waals surface area contributed by atoms with Crippen LogP contribution in [0.2, 0.25) is 0 Å². The van der Waals surface area contributed by atoms with Gasteiger partial charge in [0, 0.05) is 6.04 Å². The van der Waals surface area contributed by atoms with Crippen molar-refractivity contribution in [1.82, 2.24) is 5.32 Å². The number of benzene rings is 1. The first-order chi connectivity index (χ1) is 9.60. The van der Waals surface area contributed by atoms with E-state index in [0.717, 1.165) is 12.0 Å². The number of hydrogen-bond donors (Lipinski definition) is 3. The molecular formula is C15H19N3OS. The van der Waals surface area contributed by atoms with E-state index in [1.54, 1.807) is 17.4 Å². The number of nitrogens with one attached hydrogen (secondary N) is 2. The number of nitrogens with two attached hydrogens (primary N) is 1. The zero-order valence-corrected chi connectivity index (χ0v) is 12.5. The molecule has 2 rings (SSSR count). The van der Waals surface area contributed by atoms with E-state index in [4.69, 9.17) is 5.84 Å². The minimum absolute atomic E-state index is 0.0732. The maximum Gasteiger partial charge on any atom is 0.253 e. The van der Waals surface area contributed by atoms with Crippen LogP contribution in [0.1, 0.15) is 28.4 Å². The molecule has 1 aromatic heterocycles. The van der Waals surface area contributed by atoms with Gasteiger partial charge in [0.25, 0.3) is 5.91 Å². The Hall–Kier alpha value is -1.85. The molecule has 20 heavy (non-hydrogen) atoms. The number of hydrogen-bond acceptors (Lipinski definition) is 4. The van der Waals surface area contributed by atoms with Crippen molar-refractivity contribution >= 4 is 22.9 Å². The van der Waals surface area contributed by atoms with E-state index in [2.05, 4.69) is 22.2 Å². The number of carbonyl (C=O) groups is 1. The molecule has 2 aromatic rings. The minimum Gasteiger partial charge on any atom is -0.349 e. The lowest BCUT2D eigenvalue weighted by atomic mass is 10.1. The number of carbonyl (C=O) groups excluding carboxylic acids is 1. The molecule has 0 fully saturated rings. The summed E-state index contributed by atoms with van der Waals surface area (Å²) < 4.78 is 0. The molecule has 1 aromatic carbocycles. The van der Waals surface area contributed by atoms with E-state index in [1.807, 2.05) is 31.4 Å². The number of nitrogen functional groups attached to an aromatic ring is 1. The molecule has 0 saturated heterocycles. The molecule has 0 spiro atoms. The van der Waals surface area contributed by atoms with E-state index in [9.17, 15) is 4.79 Å². The van der Waals surface area contributed by atoms with Crippen LogP contribution >= 0.6 is 11.3 Å². The van der Waals surface area contributed by atoms with Crippen molar-refractivity contribution in [3.05, 3.63) is 51.7 Å². The van der Waals surface area contributed by atoms with Gasteiger partial charge in [-0.15, -0.1) is 0 Å². The van der Waals surface area contributed by atoms with Gasteiger partial charge in [-0.05, 0) is 60.4 Å². The zero-order valence-electron chi connectivity index (χ0n) is 11.6. The number of amides is 1. The van der Waals surface area contributed by atoms with E-state index >= 15 is 0 Å². The average molecular weight is 289 g/mol. The number of anilines is 1. The summed E-state index contributed by atoms with van der Waals surface area (Å²) in [6.07, 6.45) is 0.826. The normalized spacial score (nSPS) is 11.9. The van der Waals surface area contributed by atoms with Gasteiger partial charge < -0.3 is 10.7 Å². The van der Waals surface area contributed by atoms with Crippen molar-refractivity contribution in [3.8, 4) is 0 Å². The molecule has 0 bridgehead atoms. The highest BCUT2D eigenvalue weighted by atomic mass is 32.1. The lowest BCUT2D eigenvalue weighted by Crippen LogP contribution is -2.34. The average Bonchev–Trinajstić information content (AvgIpc) is 2.90. The Balaban J connectivity index is 2.04. The molecule has 106 valence electrons. The van der Waals surface area contributed by atoms with Gasteiger partial charge >= 0.3 is 0 Å². The van der Waals surface area contributed by atoms with Crippen molar-refractivity contribution in [3.63, 3.8) is 0 Å². The van der Waals surface area contributed by atoms with Crippen LogP contribution in [0.15, 0.2) is 35.0 Å². The van der Waals surface area contributed by atoms with E-state index in [1.165, 1.54) is 5.56 Å². The molecule has 1 atom stereocenters. The predicted octanol–water partition coefficient (Wildman–Crippen LogP) is 2.70. The second kappa shape index (κ2) is 6.54. The molecule has 0 aliphatic rings. The van der Waals surface area contributed by atoms with Crippen molar-refractivity contribution in [1.29, 1.82) is 0 Å². The number of rotatable bonds is 5. The fourth-order valence-electron chi connectivity index (χ4n) is 2.09. The molecule has 0 aliphatic carbocycles. The van der Waals surface area contributed by atoms with Crippen LogP contribution < -0.4 is 16.6 Å². The first-order valence-corrected chi connectivity index (χ1v) is 7.43. The molecule has 5 heteroatoms. The first-order valence-electron chi connectivity index (χ1n) is 6.49. The van der Waals surface area contributed by atoms with Crippen LogP contribution in [0, 0.1) is 6.92 Å². The first kappa shape index (κ1) is 14.6. The van der Waals surface area contributed by atoms with Crippen molar-refractivity contribution in [2.45, 2.75) is 26.3 Å². The van der Waals surface area contributed by atoms with E-state index in [0.29, 0.717) is 11.3 Å². The number of aryl methyl sites for hydroxylation is 1. The van der Waals surface area contributed by atoms with Gasteiger partial charge in [0.1, 0.15) is 0 Å². The molecule has 1 unspecified atom stereocenters. The third-order valence-corrected chi connectivity index (χ3v) is 3.81. The topological polar surface area (TPSA) is 67.2 Å². The number of thiophene rings is 1. The Bertz CT molecular complexity index is 581. The third kappa shape index (κ3) is 3.59. The maximum atomic E-state index is 12.3. The second-order valence-electron chi connectivity index (χ2n) is 4.90. The summed E-state index contributed by atoms with van der Waals surface area (Å²) in [5, 5.41) is 7.14. The van der Waals surface area contributed by atoms with Gasteiger partial charge in [-0.2, -0.15) is 11.3 Å². The van der Waals surface area contributed by atoms with Crippen LogP contribution in [0.25, 0.3) is 0 Å². The summed E-state index contributed by atoms with van der Waals surface area (Å²) in [5.41, 5.74) is 6.08. The Kier molecular flexibility index (Phi) is 4.76. The van der Waals surface area contributed by atoms with Gasteiger partial charge in [0.05, 0.1) is 11.3 Å². The molecule has 1 amide bonds. The summed E-state index contributed by atoms with van der Waals surface area (Å²) in [6, 6.07) is 7.70. The summed E-state index contributed by atoms with van der Waals surface area (Å²) in [4.78, 5) is 12.3. The van der Waals surface area contributed by atoms with Crippen LogP contribution in [-0.4, -0.2) is 11.9 Å². The van der Waals surface area contributed by atoms with Crippen molar-refractivity contribution in [2.24, 2.45) is 5.84 Å². The smallest absolute Gasteiger partial charge is 0.253 e. The van der Waals surface area contributed by atoms with Crippen LogP contribution in [0.5, 0.6) is 0 Å². The largest absolute Gasteiger partial charge is 0.349 e. The van der Waals surface area contributed by atoms with E-state index < -0.39 is 0 Å². The van der Waals surface area contributed by atoms with Crippen LogP contribution in [0.3, 0.4) is 0 Å². The second-order valence-corrected chi connectivity index (χ2v) is 5.68. The van der Waals surface area contributed by atoms with Gasteiger partial charge in [0.2, 0.25) is 0 Å². The van der Waals surface area contributed by atoms with Crippen molar-refractivity contribution < 1.29 is 4.79 Å². The van der Waals surface area contributed by atoms with Gasteiger partial charge in [-0.3, -0.25) is 10.6 Å². The van der Waals surface area contributed by atoms with Gasteiger partial charge in [-0.1, -0.05) is 6.07 Å². The predicted molar refractivity (Wildman–Crippen MR) is 83.9 cm³/mol. The highest BCUT2D eigenvalue weighted by Gasteiger charge is 2.14. The Morgan fingerprint density at radius 2 is 2.20 bits per heavy atom. The summed E-state index contributed by atoms with van der Waals surface area (Å²) in [6.45, 7) is 3.96. The summed E-state index contributed by atoms with van der Waals surface area (Å²) in [5.74, 6) is 5.36. The molecule has 4 N–H and O–H groups in total. The van der Waals surface area contributed by atoms with E-state index in [-0.39, 0.29) is 11.9 Å². The highest BCUT2D eigenvalue weighted by Crippen LogP contribution is 2.17. The Morgan fingerprint density at radius 1 is 1.40 bits per heavy atom. The Morgan fingerprint density at radius 3 is 2.85 bits per heavy atom. The summed E-state index contributed by atoms with van der Waals surface area (Å²) >= 11 is 1.67. The lowest BCUT2D eigenvalue weighted by molar-refractivity contribution is 0.0941. The third-order valence-electron chi connectivity index (χ3n) is 3.07. The molecule has 4 nitrogen and oxygen atoms in total. The highest BCUT2D eigenvalue weighted by molar-refractivity contribution is 7.07. The molecular weight excluding hydrogens is 270 g/mol. The minimum atomic E-state index is -0.110. The van der Waals surface area contributed by atoms with Crippen LogP contribution in [-0.2, 0) is 6.42 Å². The summed E-state index contributed by atoms with van der Waals surface area (Å²) in [7, 11) is 0. The monoisotopic (exact) mass is 289 g/mol. The fraction of sp³-hybridized carbons (Fsp3) is 0.267. The number of hydrazine groups is 1.